The Balaban J connectivity index is 2.08. The maximum Gasteiger partial charge on any atom is 0.151 e. The van der Waals surface area contributed by atoms with Gasteiger partial charge in [-0.2, -0.15) is 0 Å². The summed E-state index contributed by atoms with van der Waals surface area (Å²) in [6.07, 6.45) is 3.10. The fourth-order valence-corrected chi connectivity index (χ4v) is 3.01. The second kappa shape index (κ2) is 5.72. The largest absolute Gasteiger partial charge is 0.361 e. The molecular weight excluding hydrogens is 327 g/mol. The first-order valence-electron chi connectivity index (χ1n) is 6.25. The number of halogens is 2. The number of fused-ring (bicyclic) bond motifs is 1. The van der Waals surface area contributed by atoms with Gasteiger partial charge in [0.15, 0.2) is 5.82 Å². The predicted octanol–water partition coefficient (Wildman–Crippen LogP) is 4.25. The van der Waals surface area contributed by atoms with E-state index in [1.807, 2.05) is 0 Å². The van der Waals surface area contributed by atoms with Crippen molar-refractivity contribution in [2.45, 2.75) is 32.4 Å². The molecule has 2 rings (SSSR count). The third-order valence-corrected chi connectivity index (χ3v) is 5.25. The van der Waals surface area contributed by atoms with Gasteiger partial charge in [-0.05, 0) is 28.0 Å². The van der Waals surface area contributed by atoms with Crippen molar-refractivity contribution >= 4 is 35.0 Å². The van der Waals surface area contributed by atoms with Crippen LogP contribution in [0.5, 0.6) is 0 Å². The fourth-order valence-electron chi connectivity index (χ4n) is 1.77. The van der Waals surface area contributed by atoms with Crippen molar-refractivity contribution in [2.75, 3.05) is 6.61 Å². The van der Waals surface area contributed by atoms with Gasteiger partial charge in [0.2, 0.25) is 0 Å². The summed E-state index contributed by atoms with van der Waals surface area (Å²) in [5.74, 6) is -0.274. The van der Waals surface area contributed by atoms with Gasteiger partial charge in [-0.1, -0.05) is 19.6 Å². The molecular formula is C13H18BrFN2OSi. The Hall–Kier alpha value is -0.723. The summed E-state index contributed by atoms with van der Waals surface area (Å²) < 4.78 is 21.9. The summed E-state index contributed by atoms with van der Waals surface area (Å²) in [5.41, 5.74) is 0.611. The van der Waals surface area contributed by atoms with E-state index in [-0.39, 0.29) is 5.82 Å². The quantitative estimate of drug-likeness (QED) is 0.598. The van der Waals surface area contributed by atoms with E-state index in [2.05, 4.69) is 40.6 Å². The van der Waals surface area contributed by atoms with Gasteiger partial charge in [-0.3, -0.25) is 0 Å². The third kappa shape index (κ3) is 3.64. The van der Waals surface area contributed by atoms with Crippen LogP contribution in [0.2, 0.25) is 25.7 Å². The highest BCUT2D eigenvalue weighted by molar-refractivity contribution is 9.10. The van der Waals surface area contributed by atoms with Gasteiger partial charge in [0.1, 0.15) is 12.4 Å². The molecule has 0 unspecified atom stereocenters. The lowest BCUT2D eigenvalue weighted by atomic mass is 10.3. The second-order valence-corrected chi connectivity index (χ2v) is 12.3. The molecule has 0 aliphatic carbocycles. The van der Waals surface area contributed by atoms with Gasteiger partial charge in [0, 0.05) is 31.5 Å². The van der Waals surface area contributed by atoms with Crippen molar-refractivity contribution < 1.29 is 9.13 Å². The minimum atomic E-state index is -1.08. The molecule has 0 aliphatic heterocycles. The van der Waals surface area contributed by atoms with Gasteiger partial charge >= 0.3 is 0 Å². The van der Waals surface area contributed by atoms with Crippen molar-refractivity contribution in [2.24, 2.45) is 0 Å². The van der Waals surface area contributed by atoms with Gasteiger partial charge in [-0.15, -0.1) is 0 Å². The van der Waals surface area contributed by atoms with E-state index < -0.39 is 8.07 Å². The first kappa shape index (κ1) is 14.7. The normalized spacial score (nSPS) is 12.3. The van der Waals surface area contributed by atoms with Crippen LogP contribution in [-0.2, 0) is 11.5 Å². The van der Waals surface area contributed by atoms with Crippen molar-refractivity contribution in [1.29, 1.82) is 0 Å². The van der Waals surface area contributed by atoms with Crippen molar-refractivity contribution in [1.82, 2.24) is 9.55 Å². The van der Waals surface area contributed by atoms with Crippen LogP contribution in [0.15, 0.2) is 22.9 Å². The number of pyridine rings is 1. The molecule has 0 spiro atoms. The van der Waals surface area contributed by atoms with Crippen molar-refractivity contribution in [3.8, 4) is 0 Å². The van der Waals surface area contributed by atoms with E-state index in [9.17, 15) is 4.39 Å². The van der Waals surface area contributed by atoms with Gasteiger partial charge in [0.05, 0.1) is 5.39 Å². The van der Waals surface area contributed by atoms with E-state index >= 15 is 0 Å². The topological polar surface area (TPSA) is 27.1 Å². The summed E-state index contributed by atoms with van der Waals surface area (Å²) >= 11 is 3.34. The third-order valence-electron chi connectivity index (χ3n) is 2.89. The summed E-state index contributed by atoms with van der Waals surface area (Å²) in [4.78, 5) is 4.21. The molecule has 0 radical (unpaired) electrons. The zero-order chi connectivity index (χ0) is 14.0. The summed E-state index contributed by atoms with van der Waals surface area (Å²) in [5, 5.41) is 0.510. The lowest BCUT2D eigenvalue weighted by Crippen LogP contribution is -2.22. The highest BCUT2D eigenvalue weighted by Gasteiger charge is 2.14. The molecule has 0 bridgehead atoms. The monoisotopic (exact) mass is 344 g/mol. The minimum absolute atomic E-state index is 0.274. The molecule has 104 valence electrons. The highest BCUT2D eigenvalue weighted by atomic mass is 79.9. The van der Waals surface area contributed by atoms with Gasteiger partial charge in [-0.25, -0.2) is 9.37 Å². The highest BCUT2D eigenvalue weighted by Crippen LogP contribution is 2.26. The lowest BCUT2D eigenvalue weighted by Gasteiger charge is -2.15. The van der Waals surface area contributed by atoms with Crippen LogP contribution in [0, 0.1) is 5.82 Å². The first-order chi connectivity index (χ1) is 8.88. The molecule has 2 aromatic heterocycles. The average molecular weight is 345 g/mol. The van der Waals surface area contributed by atoms with Crippen LogP contribution in [-0.4, -0.2) is 24.2 Å². The number of aromatic nitrogens is 2. The van der Waals surface area contributed by atoms with Crippen LogP contribution < -0.4 is 0 Å². The maximum atomic E-state index is 13.8. The maximum absolute atomic E-state index is 13.8. The lowest BCUT2D eigenvalue weighted by molar-refractivity contribution is 0.0895. The number of hydrogen-bond acceptors (Lipinski definition) is 2. The summed E-state index contributed by atoms with van der Waals surface area (Å²) in [6, 6.07) is 2.84. The molecule has 0 aromatic carbocycles. The molecule has 0 saturated heterocycles. The Kier molecular flexibility index (Phi) is 4.42. The number of nitrogens with zero attached hydrogens (tertiary/aromatic N) is 2. The van der Waals surface area contributed by atoms with E-state index in [0.717, 1.165) is 10.5 Å². The van der Waals surface area contributed by atoms with E-state index in [1.54, 1.807) is 16.8 Å². The van der Waals surface area contributed by atoms with Crippen LogP contribution in [0.3, 0.4) is 0 Å². The molecule has 0 fully saturated rings. The molecule has 0 saturated carbocycles. The van der Waals surface area contributed by atoms with Crippen LogP contribution in [0.25, 0.3) is 11.0 Å². The van der Waals surface area contributed by atoms with Crippen LogP contribution >= 0.6 is 15.9 Å². The zero-order valence-corrected chi connectivity index (χ0v) is 14.0. The molecule has 0 atom stereocenters. The number of hydrogen-bond donors (Lipinski definition) is 0. The van der Waals surface area contributed by atoms with Gasteiger partial charge < -0.3 is 9.30 Å². The molecule has 0 N–H and O–H groups in total. The number of rotatable bonds is 5. The predicted molar refractivity (Wildman–Crippen MR) is 81.5 cm³/mol. The minimum Gasteiger partial charge on any atom is -0.361 e. The second-order valence-electron chi connectivity index (χ2n) is 5.79. The molecule has 0 aliphatic rings. The SMILES string of the molecule is C[Si](C)(C)CCOCn1cc(F)c2c(Br)ccnc21. The molecule has 2 aromatic rings. The van der Waals surface area contributed by atoms with Crippen LogP contribution in [0.1, 0.15) is 0 Å². The molecule has 19 heavy (non-hydrogen) atoms. The Morgan fingerprint density at radius 3 is 2.84 bits per heavy atom. The molecule has 2 heterocycles. The van der Waals surface area contributed by atoms with Crippen molar-refractivity contribution in [3.05, 3.63) is 28.7 Å². The van der Waals surface area contributed by atoms with Gasteiger partial charge in [0.25, 0.3) is 0 Å². The smallest absolute Gasteiger partial charge is 0.151 e. The van der Waals surface area contributed by atoms with Crippen LogP contribution in [0.4, 0.5) is 4.39 Å². The number of ether oxygens (including phenoxy) is 1. The average Bonchev–Trinajstić information content (AvgIpc) is 2.62. The van der Waals surface area contributed by atoms with E-state index in [4.69, 9.17) is 4.74 Å². The Labute approximate surface area is 121 Å². The Morgan fingerprint density at radius 2 is 2.16 bits per heavy atom. The summed E-state index contributed by atoms with van der Waals surface area (Å²) in [6.45, 7) is 7.97. The van der Waals surface area contributed by atoms with E-state index in [1.165, 1.54) is 6.20 Å². The molecule has 0 amide bonds. The Bertz CT molecular complexity index is 580. The standard InChI is InChI=1S/C13H18BrFN2OSi/c1-19(2,3)7-6-18-9-17-8-11(15)12-10(14)4-5-16-13(12)17/h4-5,8H,6-7,9H2,1-3H3. The Morgan fingerprint density at radius 1 is 1.42 bits per heavy atom. The zero-order valence-electron chi connectivity index (χ0n) is 11.4. The van der Waals surface area contributed by atoms with Crippen molar-refractivity contribution in [3.63, 3.8) is 0 Å². The first-order valence-corrected chi connectivity index (χ1v) is 10.7. The van der Waals surface area contributed by atoms with E-state index in [0.29, 0.717) is 24.4 Å². The molecule has 3 nitrogen and oxygen atoms in total. The fraction of sp³-hybridized carbons (Fsp3) is 0.462. The molecule has 6 heteroatoms. The summed E-state index contributed by atoms with van der Waals surface area (Å²) in [7, 11) is -1.08.